The molecule has 0 amide bonds. The summed E-state index contributed by atoms with van der Waals surface area (Å²) in [7, 11) is 0. The van der Waals surface area contributed by atoms with Crippen LogP contribution >= 0.6 is 0 Å². The second-order valence-corrected chi connectivity index (χ2v) is 6.60. The number of nitrogens with one attached hydrogen (secondary N) is 1. The highest BCUT2D eigenvalue weighted by Gasteiger charge is 2.23. The van der Waals surface area contributed by atoms with E-state index in [-0.39, 0.29) is 5.56 Å². The number of aliphatic imine (C=N–C) groups is 1. The number of nitrogens with zero attached hydrogens (tertiary/aromatic N) is 3. The van der Waals surface area contributed by atoms with E-state index in [0.29, 0.717) is 12.4 Å². The van der Waals surface area contributed by atoms with Crippen LogP contribution in [0.3, 0.4) is 0 Å². The minimum Gasteiger partial charge on any atom is -0.465 e. The van der Waals surface area contributed by atoms with Crippen LogP contribution in [0.15, 0.2) is 26.3 Å². The SMILES string of the molecule is Cc1ccc(CN2CCc3nc(C4=NCCCC4)[nH]c(=O)c3C2)o1. The quantitative estimate of drug-likeness (QED) is 0.938. The van der Waals surface area contributed by atoms with E-state index in [1.807, 2.05) is 19.1 Å². The Balaban J connectivity index is 1.56. The van der Waals surface area contributed by atoms with E-state index < -0.39 is 0 Å². The van der Waals surface area contributed by atoms with Gasteiger partial charge in [-0.15, -0.1) is 0 Å². The van der Waals surface area contributed by atoms with Crippen molar-refractivity contribution in [2.75, 3.05) is 13.1 Å². The molecule has 0 unspecified atom stereocenters. The normalized spacial score (nSPS) is 18.3. The first-order chi connectivity index (χ1) is 11.7. The van der Waals surface area contributed by atoms with Gasteiger partial charge in [-0.25, -0.2) is 4.98 Å². The van der Waals surface area contributed by atoms with Gasteiger partial charge in [0.05, 0.1) is 23.5 Å². The first kappa shape index (κ1) is 15.3. The van der Waals surface area contributed by atoms with Crippen LogP contribution in [-0.4, -0.2) is 33.7 Å². The van der Waals surface area contributed by atoms with E-state index in [0.717, 1.165) is 73.8 Å². The second kappa shape index (κ2) is 6.36. The lowest BCUT2D eigenvalue weighted by atomic mass is 10.1. The molecular formula is C18H22N4O2. The fourth-order valence-corrected chi connectivity index (χ4v) is 3.43. The Labute approximate surface area is 140 Å². The van der Waals surface area contributed by atoms with Crippen molar-refractivity contribution >= 4 is 5.71 Å². The first-order valence-electron chi connectivity index (χ1n) is 8.62. The maximum absolute atomic E-state index is 12.5. The minimum atomic E-state index is -0.0244. The van der Waals surface area contributed by atoms with Crippen molar-refractivity contribution in [3.63, 3.8) is 0 Å². The highest BCUT2D eigenvalue weighted by Crippen LogP contribution is 2.18. The molecule has 126 valence electrons. The van der Waals surface area contributed by atoms with Crippen LogP contribution in [0.4, 0.5) is 0 Å². The number of rotatable bonds is 3. The molecule has 0 radical (unpaired) electrons. The highest BCUT2D eigenvalue weighted by atomic mass is 16.3. The van der Waals surface area contributed by atoms with Crippen molar-refractivity contribution in [3.8, 4) is 0 Å². The minimum absolute atomic E-state index is 0.0244. The van der Waals surface area contributed by atoms with Crippen molar-refractivity contribution in [1.29, 1.82) is 0 Å². The molecule has 4 heterocycles. The van der Waals surface area contributed by atoms with E-state index in [4.69, 9.17) is 9.40 Å². The van der Waals surface area contributed by atoms with Gasteiger partial charge in [-0.2, -0.15) is 0 Å². The van der Waals surface area contributed by atoms with Gasteiger partial charge in [-0.3, -0.25) is 14.7 Å². The van der Waals surface area contributed by atoms with Gasteiger partial charge in [0.15, 0.2) is 5.82 Å². The van der Waals surface area contributed by atoms with Crippen molar-refractivity contribution < 1.29 is 4.42 Å². The summed E-state index contributed by atoms with van der Waals surface area (Å²) in [6.45, 7) is 5.01. The van der Waals surface area contributed by atoms with Crippen molar-refractivity contribution in [3.05, 3.63) is 51.1 Å². The Morgan fingerprint density at radius 3 is 2.96 bits per heavy atom. The number of fused-ring (bicyclic) bond motifs is 1. The monoisotopic (exact) mass is 326 g/mol. The number of hydrogen-bond acceptors (Lipinski definition) is 5. The summed E-state index contributed by atoms with van der Waals surface area (Å²) >= 11 is 0. The largest absolute Gasteiger partial charge is 0.465 e. The molecule has 0 saturated carbocycles. The molecule has 2 aliphatic rings. The van der Waals surface area contributed by atoms with Gasteiger partial charge in [0.25, 0.3) is 5.56 Å². The standard InChI is InChI=1S/C18H22N4O2/c1-12-5-6-13(24-12)10-22-9-7-15-14(11-22)18(23)21-17(20-15)16-4-2-3-8-19-16/h5-6H,2-4,7-11H2,1H3,(H,20,21,23). The molecule has 1 N–H and O–H groups in total. The van der Waals surface area contributed by atoms with Crippen molar-refractivity contribution in [1.82, 2.24) is 14.9 Å². The van der Waals surface area contributed by atoms with Crippen molar-refractivity contribution in [2.24, 2.45) is 4.99 Å². The lowest BCUT2D eigenvalue weighted by Crippen LogP contribution is -2.36. The summed E-state index contributed by atoms with van der Waals surface area (Å²) in [5.74, 6) is 2.53. The fourth-order valence-electron chi connectivity index (χ4n) is 3.43. The smallest absolute Gasteiger partial charge is 0.255 e. The van der Waals surface area contributed by atoms with Crippen molar-refractivity contribution in [2.45, 2.75) is 45.7 Å². The zero-order valence-electron chi connectivity index (χ0n) is 14.0. The number of hydrogen-bond donors (Lipinski definition) is 1. The molecular weight excluding hydrogens is 304 g/mol. The number of aromatic amines is 1. The van der Waals surface area contributed by atoms with E-state index in [2.05, 4.69) is 14.9 Å². The third kappa shape index (κ3) is 3.06. The van der Waals surface area contributed by atoms with Crippen LogP contribution in [0.1, 0.15) is 47.9 Å². The average Bonchev–Trinajstić information content (AvgIpc) is 3.01. The van der Waals surface area contributed by atoms with E-state index in [9.17, 15) is 4.79 Å². The molecule has 0 bridgehead atoms. The van der Waals surface area contributed by atoms with E-state index >= 15 is 0 Å². The topological polar surface area (TPSA) is 74.5 Å². The van der Waals surface area contributed by atoms with Crippen LogP contribution in [-0.2, 0) is 19.5 Å². The Hall–Kier alpha value is -2.21. The molecule has 0 atom stereocenters. The predicted octanol–water partition coefficient (Wildman–Crippen LogP) is 2.20. The third-order valence-electron chi connectivity index (χ3n) is 4.72. The van der Waals surface area contributed by atoms with E-state index in [1.165, 1.54) is 0 Å². The molecule has 0 fully saturated rings. The summed E-state index contributed by atoms with van der Waals surface area (Å²) in [4.78, 5) is 26.9. The molecule has 2 aromatic rings. The predicted molar refractivity (Wildman–Crippen MR) is 91.4 cm³/mol. The number of aromatic nitrogens is 2. The Kier molecular flexibility index (Phi) is 4.06. The van der Waals surface area contributed by atoms with E-state index in [1.54, 1.807) is 0 Å². The Bertz CT molecular complexity index is 834. The molecule has 0 spiro atoms. The molecule has 6 heteroatoms. The highest BCUT2D eigenvalue weighted by molar-refractivity contribution is 5.97. The Morgan fingerprint density at radius 2 is 2.21 bits per heavy atom. The third-order valence-corrected chi connectivity index (χ3v) is 4.72. The van der Waals surface area contributed by atoms with Gasteiger partial charge in [-0.1, -0.05) is 0 Å². The van der Waals surface area contributed by atoms with Crippen LogP contribution in [0.25, 0.3) is 0 Å². The lowest BCUT2D eigenvalue weighted by Gasteiger charge is -2.27. The average molecular weight is 326 g/mol. The fraction of sp³-hybridized carbons (Fsp3) is 0.500. The maximum atomic E-state index is 12.5. The summed E-state index contributed by atoms with van der Waals surface area (Å²) in [5.41, 5.74) is 2.64. The van der Waals surface area contributed by atoms with Gasteiger partial charge >= 0.3 is 0 Å². The number of H-pyrrole nitrogens is 1. The zero-order valence-corrected chi connectivity index (χ0v) is 14.0. The maximum Gasteiger partial charge on any atom is 0.255 e. The lowest BCUT2D eigenvalue weighted by molar-refractivity contribution is 0.221. The summed E-state index contributed by atoms with van der Waals surface area (Å²) in [6.07, 6.45) is 3.95. The molecule has 6 nitrogen and oxygen atoms in total. The summed E-state index contributed by atoms with van der Waals surface area (Å²) < 4.78 is 5.64. The van der Waals surface area contributed by atoms with Crippen LogP contribution in [0.5, 0.6) is 0 Å². The zero-order chi connectivity index (χ0) is 16.5. The molecule has 0 aromatic carbocycles. The molecule has 2 aromatic heterocycles. The van der Waals surface area contributed by atoms with Gasteiger partial charge in [0.2, 0.25) is 0 Å². The molecule has 4 rings (SSSR count). The second-order valence-electron chi connectivity index (χ2n) is 6.60. The van der Waals surface area contributed by atoms with Crippen LogP contribution in [0, 0.1) is 6.92 Å². The number of aryl methyl sites for hydroxylation is 1. The van der Waals surface area contributed by atoms with Crippen LogP contribution in [0.2, 0.25) is 0 Å². The summed E-state index contributed by atoms with van der Waals surface area (Å²) in [5, 5.41) is 0. The van der Waals surface area contributed by atoms with Crippen LogP contribution < -0.4 is 5.56 Å². The molecule has 2 aliphatic heterocycles. The van der Waals surface area contributed by atoms with Gasteiger partial charge in [-0.05, 0) is 38.3 Å². The molecule has 0 saturated heterocycles. The number of furan rings is 1. The Morgan fingerprint density at radius 1 is 1.29 bits per heavy atom. The van der Waals surface area contributed by atoms with Gasteiger partial charge in [0, 0.05) is 26.1 Å². The molecule has 24 heavy (non-hydrogen) atoms. The first-order valence-corrected chi connectivity index (χ1v) is 8.62. The molecule has 0 aliphatic carbocycles. The van der Waals surface area contributed by atoms with Gasteiger partial charge in [0.1, 0.15) is 11.5 Å². The van der Waals surface area contributed by atoms with Gasteiger partial charge < -0.3 is 9.40 Å². The summed E-state index contributed by atoms with van der Waals surface area (Å²) in [6, 6.07) is 3.97.